The number of rotatable bonds is 10. The number of hydrogen-bond donors (Lipinski definition) is 2. The van der Waals surface area contributed by atoms with Crippen LogP contribution in [0.3, 0.4) is 0 Å². The first-order chi connectivity index (χ1) is 14.6. The summed E-state index contributed by atoms with van der Waals surface area (Å²) in [5.41, 5.74) is 8.07. The van der Waals surface area contributed by atoms with Crippen LogP contribution in [-0.4, -0.2) is 41.6 Å². The summed E-state index contributed by atoms with van der Waals surface area (Å²) >= 11 is 1.68. The van der Waals surface area contributed by atoms with Gasteiger partial charge < -0.3 is 20.5 Å². The quantitative estimate of drug-likeness (QED) is 0.345. The Bertz CT molecular complexity index is 942. The molecule has 1 aromatic carbocycles. The molecular formula is C22H27N5O2S. The van der Waals surface area contributed by atoms with E-state index in [0.717, 1.165) is 18.4 Å². The average molecular weight is 426 g/mol. The minimum Gasteiger partial charge on any atom is -0.493 e. The second-order valence-corrected chi connectivity index (χ2v) is 7.72. The van der Waals surface area contributed by atoms with Crippen LogP contribution in [0, 0.1) is 0 Å². The Morgan fingerprint density at radius 1 is 1.40 bits per heavy atom. The summed E-state index contributed by atoms with van der Waals surface area (Å²) in [5, 5.41) is 9.81. The van der Waals surface area contributed by atoms with Gasteiger partial charge in [0.15, 0.2) is 11.5 Å². The monoisotopic (exact) mass is 425 g/mol. The van der Waals surface area contributed by atoms with Gasteiger partial charge in [-0.1, -0.05) is 18.7 Å². The molecule has 8 heteroatoms. The van der Waals surface area contributed by atoms with Crippen LogP contribution >= 0.6 is 11.8 Å². The second-order valence-electron chi connectivity index (χ2n) is 6.61. The van der Waals surface area contributed by atoms with Crippen molar-refractivity contribution >= 4 is 23.3 Å². The van der Waals surface area contributed by atoms with E-state index in [9.17, 15) is 0 Å². The van der Waals surface area contributed by atoms with Gasteiger partial charge in [0, 0.05) is 25.0 Å². The number of aliphatic imine (C=N–C) groups is 1. The molecule has 0 amide bonds. The molecule has 0 saturated carbocycles. The normalized spacial score (nSPS) is 16.5. The van der Waals surface area contributed by atoms with Crippen molar-refractivity contribution in [3.05, 3.63) is 72.2 Å². The lowest BCUT2D eigenvalue weighted by atomic mass is 10.1. The maximum atomic E-state index is 6.25. The van der Waals surface area contributed by atoms with Crippen molar-refractivity contribution in [2.45, 2.75) is 18.1 Å². The fourth-order valence-corrected chi connectivity index (χ4v) is 3.77. The smallest absolute Gasteiger partial charge is 0.160 e. The number of thioether (sulfide) groups is 1. The lowest BCUT2D eigenvalue weighted by Gasteiger charge is -2.13. The molecule has 1 aliphatic heterocycles. The van der Waals surface area contributed by atoms with Gasteiger partial charge in [-0.15, -0.1) is 11.8 Å². The third-order valence-electron chi connectivity index (χ3n) is 4.54. The van der Waals surface area contributed by atoms with Gasteiger partial charge >= 0.3 is 0 Å². The zero-order chi connectivity index (χ0) is 21.3. The number of nitrogens with zero attached hydrogens (tertiary/aromatic N) is 3. The molecule has 2 aromatic rings. The van der Waals surface area contributed by atoms with Gasteiger partial charge in [-0.3, -0.25) is 0 Å². The van der Waals surface area contributed by atoms with Crippen molar-refractivity contribution in [3.63, 3.8) is 0 Å². The minimum absolute atomic E-state index is 0.166. The maximum Gasteiger partial charge on any atom is 0.160 e. The molecule has 0 fully saturated rings. The first-order valence-corrected chi connectivity index (χ1v) is 10.5. The highest BCUT2D eigenvalue weighted by molar-refractivity contribution is 8.03. The third-order valence-corrected chi connectivity index (χ3v) is 5.65. The zero-order valence-electron chi connectivity index (χ0n) is 17.2. The molecule has 30 heavy (non-hydrogen) atoms. The van der Waals surface area contributed by atoms with Crippen molar-refractivity contribution < 1.29 is 9.47 Å². The Hall–Kier alpha value is -3.13. The molecule has 3 rings (SSSR count). The van der Waals surface area contributed by atoms with Gasteiger partial charge in [-0.05, 0) is 42.0 Å². The highest BCUT2D eigenvalue weighted by Crippen LogP contribution is 2.27. The van der Waals surface area contributed by atoms with Crippen LogP contribution in [0.5, 0.6) is 11.5 Å². The van der Waals surface area contributed by atoms with E-state index in [2.05, 4.69) is 33.5 Å². The van der Waals surface area contributed by atoms with Crippen molar-refractivity contribution in [1.82, 2.24) is 15.1 Å². The van der Waals surface area contributed by atoms with Gasteiger partial charge in [0.1, 0.15) is 11.7 Å². The predicted molar refractivity (Wildman–Crippen MR) is 124 cm³/mol. The first kappa shape index (κ1) is 21.6. The summed E-state index contributed by atoms with van der Waals surface area (Å²) in [5.74, 6) is 2.67. The number of nitrogens with one attached hydrogen (secondary N) is 1. The molecular weight excluding hydrogens is 398 g/mol. The molecule has 0 bridgehead atoms. The molecule has 1 atom stereocenters. The molecule has 0 radical (unpaired) electrons. The average Bonchev–Trinajstić information content (AvgIpc) is 3.47. The van der Waals surface area contributed by atoms with E-state index in [1.165, 1.54) is 0 Å². The van der Waals surface area contributed by atoms with Gasteiger partial charge in [-0.25, -0.2) is 9.67 Å². The van der Waals surface area contributed by atoms with E-state index < -0.39 is 0 Å². The highest BCUT2D eigenvalue weighted by atomic mass is 32.2. The van der Waals surface area contributed by atoms with Gasteiger partial charge in [-0.2, -0.15) is 5.10 Å². The van der Waals surface area contributed by atoms with Crippen LogP contribution in [0.2, 0.25) is 0 Å². The van der Waals surface area contributed by atoms with Crippen LogP contribution in [0.25, 0.3) is 5.70 Å². The van der Waals surface area contributed by atoms with Gasteiger partial charge in [0.05, 0.1) is 25.2 Å². The van der Waals surface area contributed by atoms with Gasteiger partial charge in [0.25, 0.3) is 0 Å². The summed E-state index contributed by atoms with van der Waals surface area (Å²) in [6.45, 7) is 4.74. The molecule has 0 saturated heterocycles. The number of nitrogens with two attached hydrogens (primary N) is 1. The third kappa shape index (κ3) is 5.70. The second kappa shape index (κ2) is 10.6. The number of aromatic nitrogens is 2. The van der Waals surface area contributed by atoms with E-state index in [-0.39, 0.29) is 5.25 Å². The summed E-state index contributed by atoms with van der Waals surface area (Å²) in [6.07, 6.45) is 9.17. The van der Waals surface area contributed by atoms with Crippen LogP contribution < -0.4 is 20.5 Å². The minimum atomic E-state index is 0.166. The Morgan fingerprint density at radius 2 is 2.23 bits per heavy atom. The van der Waals surface area contributed by atoms with E-state index in [1.807, 2.05) is 36.5 Å². The van der Waals surface area contributed by atoms with Crippen molar-refractivity contribution in [1.29, 1.82) is 0 Å². The molecule has 0 spiro atoms. The number of ether oxygens (including phenoxy) is 2. The van der Waals surface area contributed by atoms with E-state index in [4.69, 9.17) is 15.2 Å². The number of hydrogen-bond acceptors (Lipinski definition) is 6. The van der Waals surface area contributed by atoms with Crippen LogP contribution in [0.15, 0.2) is 71.6 Å². The Labute approximate surface area is 181 Å². The predicted octanol–water partition coefficient (Wildman–Crippen LogP) is 3.42. The van der Waals surface area contributed by atoms with E-state index >= 15 is 0 Å². The largest absolute Gasteiger partial charge is 0.493 e. The number of benzene rings is 1. The summed E-state index contributed by atoms with van der Waals surface area (Å²) in [7, 11) is 3.26. The molecule has 1 unspecified atom stereocenters. The standard InChI is InChI=1S/C22H27N5O2S/c1-16(27-12-5-10-25-27)14-21(26-22(23)20-6-4-13-30-20)24-11-9-17-7-8-18(28-2)19(15-17)29-3/h4-5,7-8,10,12-15,20,24H,1,6,9,11H2,2-3H3,(H2,23,26)/b21-14-. The Balaban J connectivity index is 1.70. The lowest BCUT2D eigenvalue weighted by Crippen LogP contribution is -2.26. The number of amidine groups is 1. The topological polar surface area (TPSA) is 86.7 Å². The SMILES string of the molecule is C=C(/C=C(\N=C(N)C1CC=CS1)NCCc1ccc(OC)c(OC)c1)n1cccn1. The van der Waals surface area contributed by atoms with Gasteiger partial charge in [0.2, 0.25) is 0 Å². The molecule has 3 N–H and O–H groups in total. The summed E-state index contributed by atoms with van der Waals surface area (Å²) in [6, 6.07) is 7.76. The number of methoxy groups -OCH3 is 2. The molecule has 1 aromatic heterocycles. The lowest BCUT2D eigenvalue weighted by molar-refractivity contribution is 0.354. The molecule has 2 heterocycles. The number of allylic oxidation sites excluding steroid dienone is 3. The van der Waals surface area contributed by atoms with Crippen molar-refractivity contribution in [2.24, 2.45) is 10.7 Å². The van der Waals surface area contributed by atoms with Crippen LogP contribution in [0.1, 0.15) is 12.0 Å². The van der Waals surface area contributed by atoms with Crippen molar-refractivity contribution in [3.8, 4) is 11.5 Å². The molecule has 1 aliphatic rings. The first-order valence-electron chi connectivity index (χ1n) is 9.60. The highest BCUT2D eigenvalue weighted by Gasteiger charge is 2.16. The van der Waals surface area contributed by atoms with Crippen LogP contribution in [0.4, 0.5) is 0 Å². The van der Waals surface area contributed by atoms with E-state index in [0.29, 0.717) is 35.4 Å². The summed E-state index contributed by atoms with van der Waals surface area (Å²) < 4.78 is 12.4. The summed E-state index contributed by atoms with van der Waals surface area (Å²) in [4.78, 5) is 4.64. The van der Waals surface area contributed by atoms with Crippen LogP contribution in [-0.2, 0) is 6.42 Å². The molecule has 7 nitrogen and oxygen atoms in total. The fourth-order valence-electron chi connectivity index (χ4n) is 2.94. The molecule has 158 valence electrons. The Morgan fingerprint density at radius 3 is 2.90 bits per heavy atom. The van der Waals surface area contributed by atoms with Crippen molar-refractivity contribution in [2.75, 3.05) is 20.8 Å². The van der Waals surface area contributed by atoms with E-state index in [1.54, 1.807) is 36.9 Å². The zero-order valence-corrected chi connectivity index (χ0v) is 18.1. The molecule has 0 aliphatic carbocycles. The fraction of sp³-hybridized carbons (Fsp3) is 0.273. The maximum absolute atomic E-state index is 6.25. The Kier molecular flexibility index (Phi) is 7.62.